The number of hydrogen-bond donors (Lipinski definition) is 1. The zero-order valence-electron chi connectivity index (χ0n) is 8.97. The van der Waals surface area contributed by atoms with Gasteiger partial charge < -0.3 is 4.90 Å². The number of hydrogen-bond acceptors (Lipinski definition) is 4. The zero-order chi connectivity index (χ0) is 10.8. The Hall–Kier alpha value is -1.46. The van der Waals surface area contributed by atoms with Gasteiger partial charge in [-0.25, -0.2) is 0 Å². The van der Waals surface area contributed by atoms with Crippen molar-refractivity contribution in [2.24, 2.45) is 5.92 Å². The van der Waals surface area contributed by atoms with E-state index in [1.54, 1.807) is 4.90 Å². The maximum absolute atomic E-state index is 11.7. The summed E-state index contributed by atoms with van der Waals surface area (Å²) in [5.74, 6) is 1.29. The number of nitrogens with one attached hydrogen (secondary N) is 1. The van der Waals surface area contributed by atoms with Crippen molar-refractivity contribution in [3.63, 3.8) is 0 Å². The number of amides is 1. The maximum atomic E-state index is 11.7. The maximum Gasteiger partial charge on any atom is 0.225 e. The molecular weight excluding hydrogens is 194 g/mol. The van der Waals surface area contributed by atoms with E-state index < -0.39 is 0 Å². The lowest BCUT2D eigenvalue weighted by Gasteiger charge is -2.19. The molecule has 0 aromatic carbocycles. The third-order valence-electron chi connectivity index (χ3n) is 2.65. The average Bonchev–Trinajstić information content (AvgIpc) is 2.91. The first-order valence-electron chi connectivity index (χ1n) is 5.17. The molecule has 0 radical (unpaired) electrons. The molecule has 1 heterocycles. The van der Waals surface area contributed by atoms with Gasteiger partial charge >= 0.3 is 0 Å². The van der Waals surface area contributed by atoms with Crippen LogP contribution in [0.25, 0.3) is 0 Å². The number of tetrazole rings is 1. The Kier molecular flexibility index (Phi) is 2.66. The minimum absolute atomic E-state index is 0.122. The molecule has 1 atom stereocenters. The summed E-state index contributed by atoms with van der Waals surface area (Å²) in [7, 11) is 1.83. The highest BCUT2D eigenvalue weighted by molar-refractivity contribution is 5.80. The number of carbonyl (C=O) groups is 1. The number of H-pyrrole nitrogens is 1. The lowest BCUT2D eigenvalue weighted by atomic mass is 10.1. The van der Waals surface area contributed by atoms with Crippen LogP contribution in [0.3, 0.4) is 0 Å². The summed E-state index contributed by atoms with van der Waals surface area (Å²) in [4.78, 5) is 13.4. The number of aromatic nitrogens is 4. The van der Waals surface area contributed by atoms with Crippen LogP contribution in [0, 0.1) is 5.92 Å². The van der Waals surface area contributed by atoms with E-state index in [-0.39, 0.29) is 17.7 Å². The predicted octanol–water partition coefficient (Wildman–Crippen LogP) is 0.172. The second kappa shape index (κ2) is 3.96. The molecule has 0 aliphatic heterocycles. The molecular formula is C9H15N5O. The molecule has 1 aliphatic rings. The van der Waals surface area contributed by atoms with Crippen LogP contribution in [-0.4, -0.2) is 45.0 Å². The highest BCUT2D eigenvalue weighted by Gasteiger charge is 2.32. The first-order chi connectivity index (χ1) is 7.18. The first kappa shape index (κ1) is 10.1. The Labute approximate surface area is 88.0 Å². The van der Waals surface area contributed by atoms with Crippen molar-refractivity contribution < 1.29 is 4.79 Å². The van der Waals surface area contributed by atoms with Gasteiger partial charge in [-0.2, -0.15) is 5.21 Å². The van der Waals surface area contributed by atoms with Crippen molar-refractivity contribution in [3.05, 3.63) is 5.82 Å². The normalized spacial score (nSPS) is 17.5. The molecule has 0 spiro atoms. The van der Waals surface area contributed by atoms with E-state index in [4.69, 9.17) is 0 Å². The van der Waals surface area contributed by atoms with E-state index in [0.717, 1.165) is 12.8 Å². The van der Waals surface area contributed by atoms with Gasteiger partial charge in [-0.15, -0.1) is 10.2 Å². The summed E-state index contributed by atoms with van der Waals surface area (Å²) in [6, 6.07) is 0. The molecule has 1 saturated carbocycles. The molecule has 1 unspecified atom stereocenters. The number of likely N-dealkylation sites (N-methyl/N-ethyl adjacent to an activating group) is 1. The fraction of sp³-hybridized carbons (Fsp3) is 0.778. The van der Waals surface area contributed by atoms with Crippen LogP contribution in [0.2, 0.25) is 0 Å². The monoisotopic (exact) mass is 209 g/mol. The highest BCUT2D eigenvalue weighted by atomic mass is 16.2. The van der Waals surface area contributed by atoms with Crippen molar-refractivity contribution in [1.29, 1.82) is 0 Å². The van der Waals surface area contributed by atoms with E-state index >= 15 is 0 Å². The second-order valence-electron chi connectivity index (χ2n) is 4.16. The SMILES string of the molecule is CC(CN(C)C(=O)C1CC1)c1nn[nH]n1. The Morgan fingerprint density at radius 2 is 2.40 bits per heavy atom. The predicted molar refractivity (Wildman–Crippen MR) is 53.0 cm³/mol. The van der Waals surface area contributed by atoms with Gasteiger partial charge in [-0.05, 0) is 12.8 Å². The van der Waals surface area contributed by atoms with Gasteiger partial charge in [0.2, 0.25) is 5.91 Å². The van der Waals surface area contributed by atoms with Gasteiger partial charge in [-0.1, -0.05) is 12.1 Å². The van der Waals surface area contributed by atoms with Crippen molar-refractivity contribution in [3.8, 4) is 0 Å². The topological polar surface area (TPSA) is 74.8 Å². The van der Waals surface area contributed by atoms with Crippen molar-refractivity contribution in [2.45, 2.75) is 25.7 Å². The molecule has 2 rings (SSSR count). The third-order valence-corrected chi connectivity index (χ3v) is 2.65. The largest absolute Gasteiger partial charge is 0.345 e. The molecule has 15 heavy (non-hydrogen) atoms. The van der Waals surface area contributed by atoms with Gasteiger partial charge in [0.05, 0.1) is 0 Å². The molecule has 1 aromatic heterocycles. The van der Waals surface area contributed by atoms with Crippen LogP contribution >= 0.6 is 0 Å². The Morgan fingerprint density at radius 1 is 1.67 bits per heavy atom. The molecule has 1 aliphatic carbocycles. The number of rotatable bonds is 4. The van der Waals surface area contributed by atoms with Gasteiger partial charge in [0.25, 0.3) is 0 Å². The molecule has 82 valence electrons. The number of nitrogens with zero attached hydrogens (tertiary/aromatic N) is 4. The molecule has 6 nitrogen and oxygen atoms in total. The Bertz CT molecular complexity index is 332. The molecule has 1 N–H and O–H groups in total. The lowest BCUT2D eigenvalue weighted by molar-refractivity contribution is -0.131. The highest BCUT2D eigenvalue weighted by Crippen LogP contribution is 2.31. The third kappa shape index (κ3) is 2.31. The fourth-order valence-corrected chi connectivity index (χ4v) is 1.60. The van der Waals surface area contributed by atoms with E-state index in [1.807, 2.05) is 14.0 Å². The molecule has 1 fully saturated rings. The van der Waals surface area contributed by atoms with Crippen molar-refractivity contribution >= 4 is 5.91 Å². The van der Waals surface area contributed by atoms with E-state index in [1.165, 1.54) is 0 Å². The molecule has 1 aromatic rings. The van der Waals surface area contributed by atoms with E-state index in [9.17, 15) is 4.79 Å². The lowest BCUT2D eigenvalue weighted by Crippen LogP contribution is -2.31. The van der Waals surface area contributed by atoms with Crippen LogP contribution in [-0.2, 0) is 4.79 Å². The minimum Gasteiger partial charge on any atom is -0.345 e. The van der Waals surface area contributed by atoms with Gasteiger partial charge in [0.15, 0.2) is 5.82 Å². The average molecular weight is 209 g/mol. The summed E-state index contributed by atoms with van der Waals surface area (Å²) in [6.07, 6.45) is 2.08. The Balaban J connectivity index is 1.88. The van der Waals surface area contributed by atoms with Gasteiger partial charge in [0.1, 0.15) is 0 Å². The summed E-state index contributed by atoms with van der Waals surface area (Å²) >= 11 is 0. The Morgan fingerprint density at radius 3 is 2.93 bits per heavy atom. The van der Waals surface area contributed by atoms with Crippen LogP contribution < -0.4 is 0 Å². The number of carbonyl (C=O) groups excluding carboxylic acids is 1. The molecule has 0 saturated heterocycles. The molecule has 1 amide bonds. The van der Waals surface area contributed by atoms with Gasteiger partial charge in [0, 0.05) is 25.4 Å². The zero-order valence-corrected chi connectivity index (χ0v) is 8.97. The van der Waals surface area contributed by atoms with E-state index in [2.05, 4.69) is 20.6 Å². The van der Waals surface area contributed by atoms with Crippen LogP contribution in [0.5, 0.6) is 0 Å². The van der Waals surface area contributed by atoms with Crippen LogP contribution in [0.1, 0.15) is 31.5 Å². The van der Waals surface area contributed by atoms with Crippen molar-refractivity contribution in [2.75, 3.05) is 13.6 Å². The number of aromatic amines is 1. The van der Waals surface area contributed by atoms with Crippen molar-refractivity contribution in [1.82, 2.24) is 25.5 Å². The summed E-state index contributed by atoms with van der Waals surface area (Å²) in [5, 5.41) is 13.7. The van der Waals surface area contributed by atoms with Crippen LogP contribution in [0.15, 0.2) is 0 Å². The van der Waals surface area contributed by atoms with Gasteiger partial charge in [-0.3, -0.25) is 4.79 Å². The summed E-state index contributed by atoms with van der Waals surface area (Å²) in [6.45, 7) is 2.64. The van der Waals surface area contributed by atoms with Crippen LogP contribution in [0.4, 0.5) is 0 Å². The van der Waals surface area contributed by atoms with E-state index in [0.29, 0.717) is 12.4 Å². The second-order valence-corrected chi connectivity index (χ2v) is 4.16. The molecule has 6 heteroatoms. The first-order valence-corrected chi connectivity index (χ1v) is 5.17. The quantitative estimate of drug-likeness (QED) is 0.767. The summed E-state index contributed by atoms with van der Waals surface area (Å²) < 4.78 is 0. The summed E-state index contributed by atoms with van der Waals surface area (Å²) in [5.41, 5.74) is 0. The minimum atomic E-state index is 0.122. The molecule has 0 bridgehead atoms. The standard InChI is InChI=1S/C9H15N5O/c1-6(8-10-12-13-11-8)5-14(2)9(15)7-3-4-7/h6-7H,3-5H2,1-2H3,(H,10,11,12,13). The fourth-order valence-electron chi connectivity index (χ4n) is 1.60. The smallest absolute Gasteiger partial charge is 0.225 e.